The zero-order valence-electron chi connectivity index (χ0n) is 17.5. The van der Waals surface area contributed by atoms with Crippen molar-refractivity contribution in [2.45, 2.75) is 18.2 Å². The smallest absolute Gasteiger partial charge is 0.268 e. The maximum absolute atomic E-state index is 13.0. The highest BCUT2D eigenvalue weighted by molar-refractivity contribution is 9.10. The van der Waals surface area contributed by atoms with Crippen LogP contribution in [-0.2, 0) is 14.6 Å². The Bertz CT molecular complexity index is 1300. The molecule has 7 nitrogen and oxygen atoms in total. The predicted octanol–water partition coefficient (Wildman–Crippen LogP) is 4.13. The van der Waals surface area contributed by atoms with Gasteiger partial charge < -0.3 is 15.1 Å². The van der Waals surface area contributed by atoms with Crippen LogP contribution in [0, 0.1) is 0 Å². The largest absolute Gasteiger partial charge is 0.457 e. The van der Waals surface area contributed by atoms with Crippen molar-refractivity contribution in [1.82, 2.24) is 10.6 Å². The SMILES string of the molecule is O=C(NC1CCCS1(=O)=O)/C(=C\c1ccc(-c2ccc(Br)cc2)o1)NC(=O)c1ccccc1. The van der Waals surface area contributed by atoms with Crippen molar-refractivity contribution < 1.29 is 22.4 Å². The molecule has 1 aliphatic rings. The van der Waals surface area contributed by atoms with Gasteiger partial charge in [-0.3, -0.25) is 9.59 Å². The van der Waals surface area contributed by atoms with Crippen molar-refractivity contribution in [3.05, 3.63) is 88.2 Å². The quantitative estimate of drug-likeness (QED) is 0.468. The average molecular weight is 529 g/mol. The topological polar surface area (TPSA) is 105 Å². The van der Waals surface area contributed by atoms with E-state index in [4.69, 9.17) is 4.42 Å². The van der Waals surface area contributed by atoms with Crippen LogP contribution in [0.3, 0.4) is 0 Å². The number of hydrogen-bond donors (Lipinski definition) is 2. The van der Waals surface area contributed by atoms with Crippen LogP contribution in [0.25, 0.3) is 17.4 Å². The molecule has 2 aromatic carbocycles. The highest BCUT2D eigenvalue weighted by atomic mass is 79.9. The Labute approximate surface area is 199 Å². The molecule has 1 atom stereocenters. The minimum Gasteiger partial charge on any atom is -0.457 e. The summed E-state index contributed by atoms with van der Waals surface area (Å²) in [7, 11) is -3.40. The van der Waals surface area contributed by atoms with Crippen molar-refractivity contribution in [3.8, 4) is 11.3 Å². The summed E-state index contributed by atoms with van der Waals surface area (Å²) < 4.78 is 31.1. The van der Waals surface area contributed by atoms with Crippen LogP contribution in [0.15, 0.2) is 81.3 Å². The Hall–Kier alpha value is -3.17. The Morgan fingerprint density at radius 3 is 2.39 bits per heavy atom. The third kappa shape index (κ3) is 5.61. The molecule has 3 aromatic rings. The number of sulfone groups is 1. The van der Waals surface area contributed by atoms with Gasteiger partial charge in [-0.1, -0.05) is 46.3 Å². The maximum atomic E-state index is 13.0. The molecule has 2 heterocycles. The second-order valence-corrected chi connectivity index (χ2v) is 10.8. The lowest BCUT2D eigenvalue weighted by Gasteiger charge is -2.15. The molecule has 1 fully saturated rings. The first-order valence-electron chi connectivity index (χ1n) is 10.3. The lowest BCUT2D eigenvalue weighted by atomic mass is 10.2. The highest BCUT2D eigenvalue weighted by Crippen LogP contribution is 2.25. The molecule has 0 bridgehead atoms. The summed E-state index contributed by atoms with van der Waals surface area (Å²) in [6.07, 6.45) is 2.21. The van der Waals surface area contributed by atoms with E-state index >= 15 is 0 Å². The van der Waals surface area contributed by atoms with Crippen molar-refractivity contribution in [1.29, 1.82) is 0 Å². The molecule has 0 spiro atoms. The third-order valence-corrected chi connectivity index (χ3v) is 7.80. The van der Waals surface area contributed by atoms with Gasteiger partial charge in [0.15, 0.2) is 9.84 Å². The monoisotopic (exact) mass is 528 g/mol. The van der Waals surface area contributed by atoms with Gasteiger partial charge in [0.1, 0.15) is 22.6 Å². The zero-order chi connectivity index (χ0) is 23.4. The standard InChI is InChI=1S/C24H21BrN2O5S/c25-18-10-8-16(9-11-18)21-13-12-19(32-21)15-20(26-23(28)17-5-2-1-3-6-17)24(29)27-22-7-4-14-33(22,30)31/h1-3,5-6,8-13,15,22H,4,7,14H2,(H,26,28)(H,27,29)/b20-15+. The number of nitrogens with one attached hydrogen (secondary N) is 2. The van der Waals surface area contributed by atoms with E-state index in [2.05, 4.69) is 26.6 Å². The van der Waals surface area contributed by atoms with Crippen molar-refractivity contribution in [2.24, 2.45) is 0 Å². The summed E-state index contributed by atoms with van der Waals surface area (Å²) >= 11 is 3.39. The lowest BCUT2D eigenvalue weighted by molar-refractivity contribution is -0.118. The predicted molar refractivity (Wildman–Crippen MR) is 129 cm³/mol. The molecular formula is C24H21BrN2O5S. The van der Waals surface area contributed by atoms with Crippen LogP contribution in [0.2, 0.25) is 0 Å². The number of rotatable bonds is 6. The molecule has 1 aromatic heterocycles. The van der Waals surface area contributed by atoms with Crippen LogP contribution in [0.1, 0.15) is 29.0 Å². The van der Waals surface area contributed by atoms with Gasteiger partial charge in [-0.2, -0.15) is 0 Å². The van der Waals surface area contributed by atoms with E-state index in [9.17, 15) is 18.0 Å². The summed E-state index contributed by atoms with van der Waals surface area (Å²) in [5.74, 6) is -0.244. The first kappa shape index (κ1) is 23.0. The number of amides is 2. The third-order valence-electron chi connectivity index (χ3n) is 5.19. The van der Waals surface area contributed by atoms with Gasteiger partial charge in [-0.25, -0.2) is 8.42 Å². The molecule has 2 N–H and O–H groups in total. The summed E-state index contributed by atoms with van der Waals surface area (Å²) in [6.45, 7) is 0. The minimum atomic E-state index is -3.40. The Kier molecular flexibility index (Phi) is 6.80. The van der Waals surface area contributed by atoms with E-state index < -0.39 is 27.0 Å². The number of carbonyl (C=O) groups is 2. The second-order valence-electron chi connectivity index (χ2n) is 7.56. The summed E-state index contributed by atoms with van der Waals surface area (Å²) in [4.78, 5) is 25.7. The summed E-state index contributed by atoms with van der Waals surface area (Å²) in [6, 6.07) is 19.4. The van der Waals surface area contributed by atoms with Gasteiger partial charge in [0, 0.05) is 21.7 Å². The average Bonchev–Trinajstić information content (AvgIpc) is 3.40. The fraction of sp³-hybridized carbons (Fsp3) is 0.167. The molecule has 9 heteroatoms. The van der Waals surface area contributed by atoms with E-state index in [1.54, 1.807) is 42.5 Å². The van der Waals surface area contributed by atoms with E-state index in [1.807, 2.05) is 24.3 Å². The van der Waals surface area contributed by atoms with Crippen LogP contribution >= 0.6 is 15.9 Å². The molecule has 1 unspecified atom stereocenters. The zero-order valence-corrected chi connectivity index (χ0v) is 19.9. The van der Waals surface area contributed by atoms with Crippen LogP contribution in [0.5, 0.6) is 0 Å². The normalized spacial score (nSPS) is 17.5. The molecule has 0 radical (unpaired) electrons. The molecule has 4 rings (SSSR count). The van der Waals surface area contributed by atoms with Crippen molar-refractivity contribution in [2.75, 3.05) is 5.75 Å². The maximum Gasteiger partial charge on any atom is 0.268 e. The minimum absolute atomic E-state index is 0.0299. The Balaban J connectivity index is 1.61. The van der Waals surface area contributed by atoms with E-state index in [1.165, 1.54) is 6.08 Å². The molecular weight excluding hydrogens is 508 g/mol. The fourth-order valence-corrected chi connectivity index (χ4v) is 5.39. The summed E-state index contributed by atoms with van der Waals surface area (Å²) in [5.41, 5.74) is 1.09. The van der Waals surface area contributed by atoms with Crippen LogP contribution in [-0.4, -0.2) is 31.4 Å². The molecule has 0 saturated carbocycles. The van der Waals surface area contributed by atoms with Gasteiger partial charge in [-0.15, -0.1) is 0 Å². The van der Waals surface area contributed by atoms with Crippen LogP contribution in [0.4, 0.5) is 0 Å². The van der Waals surface area contributed by atoms with Gasteiger partial charge in [-0.05, 0) is 49.2 Å². The molecule has 33 heavy (non-hydrogen) atoms. The fourth-order valence-electron chi connectivity index (χ4n) is 3.46. The number of hydrogen-bond acceptors (Lipinski definition) is 5. The molecule has 1 aliphatic heterocycles. The van der Waals surface area contributed by atoms with Gasteiger partial charge in [0.2, 0.25) is 0 Å². The van der Waals surface area contributed by atoms with Crippen LogP contribution < -0.4 is 10.6 Å². The van der Waals surface area contributed by atoms with Gasteiger partial charge >= 0.3 is 0 Å². The number of furan rings is 1. The molecule has 1 saturated heterocycles. The number of benzene rings is 2. The summed E-state index contributed by atoms with van der Waals surface area (Å²) in [5, 5.41) is 4.15. The Morgan fingerprint density at radius 1 is 1.00 bits per heavy atom. The number of carbonyl (C=O) groups excluding carboxylic acids is 2. The highest BCUT2D eigenvalue weighted by Gasteiger charge is 2.33. The first-order valence-corrected chi connectivity index (χ1v) is 12.8. The van der Waals surface area contributed by atoms with E-state index in [-0.39, 0.29) is 11.4 Å². The van der Waals surface area contributed by atoms with E-state index in [0.717, 1.165) is 10.0 Å². The molecule has 0 aliphatic carbocycles. The first-order chi connectivity index (χ1) is 15.8. The number of halogens is 1. The molecule has 170 valence electrons. The van der Waals surface area contributed by atoms with E-state index in [0.29, 0.717) is 29.9 Å². The van der Waals surface area contributed by atoms with Crippen molar-refractivity contribution >= 4 is 43.7 Å². The lowest BCUT2D eigenvalue weighted by Crippen LogP contribution is -2.42. The van der Waals surface area contributed by atoms with Crippen molar-refractivity contribution in [3.63, 3.8) is 0 Å². The second kappa shape index (κ2) is 9.76. The van der Waals surface area contributed by atoms with Gasteiger partial charge in [0.05, 0.1) is 5.75 Å². The molecule has 2 amide bonds. The van der Waals surface area contributed by atoms with Gasteiger partial charge in [0.25, 0.3) is 11.8 Å². The Morgan fingerprint density at radius 2 is 1.73 bits per heavy atom.